The van der Waals surface area contributed by atoms with Gasteiger partial charge in [0.15, 0.2) is 0 Å². The molecule has 1 unspecified atom stereocenters. The summed E-state index contributed by atoms with van der Waals surface area (Å²) in [5, 5.41) is 0.699. The van der Waals surface area contributed by atoms with Gasteiger partial charge < -0.3 is 15.4 Å². The van der Waals surface area contributed by atoms with Crippen LogP contribution in [0.15, 0.2) is 24.3 Å². The van der Waals surface area contributed by atoms with E-state index in [0.717, 1.165) is 18.4 Å². The average Bonchev–Trinajstić information content (AvgIpc) is 3.23. The van der Waals surface area contributed by atoms with Gasteiger partial charge in [-0.15, -0.1) is 12.4 Å². The van der Waals surface area contributed by atoms with E-state index in [2.05, 4.69) is 0 Å². The maximum atomic E-state index is 12.4. The Morgan fingerprint density at radius 3 is 2.50 bits per heavy atom. The Morgan fingerprint density at radius 1 is 1.45 bits per heavy atom. The molecule has 0 aromatic heterocycles. The van der Waals surface area contributed by atoms with E-state index < -0.39 is 6.10 Å². The standard InChI is InChI=1S/C14H19ClN2O2.ClH/c1-19-13(8-16)14(18)17(12-6-7-12)9-10-2-4-11(15)5-3-10;/h2-5,12-13H,6-9,16H2,1H3;1H. The summed E-state index contributed by atoms with van der Waals surface area (Å²) in [6.45, 7) is 0.791. The van der Waals surface area contributed by atoms with Crippen LogP contribution in [0.25, 0.3) is 0 Å². The van der Waals surface area contributed by atoms with Crippen LogP contribution in [0.5, 0.6) is 0 Å². The van der Waals surface area contributed by atoms with Crippen molar-refractivity contribution in [3.8, 4) is 0 Å². The van der Waals surface area contributed by atoms with Gasteiger partial charge in [-0.3, -0.25) is 4.79 Å². The molecule has 1 amide bonds. The predicted molar refractivity (Wildman–Crippen MR) is 82.1 cm³/mol. The lowest BCUT2D eigenvalue weighted by molar-refractivity contribution is -0.142. The lowest BCUT2D eigenvalue weighted by Crippen LogP contribution is -2.44. The predicted octanol–water partition coefficient (Wildman–Crippen LogP) is 2.23. The summed E-state index contributed by atoms with van der Waals surface area (Å²) >= 11 is 5.86. The van der Waals surface area contributed by atoms with Gasteiger partial charge in [-0.2, -0.15) is 0 Å². The van der Waals surface area contributed by atoms with E-state index in [-0.39, 0.29) is 24.9 Å². The first-order chi connectivity index (χ1) is 9.15. The fourth-order valence-corrected chi connectivity index (χ4v) is 2.17. The molecule has 20 heavy (non-hydrogen) atoms. The van der Waals surface area contributed by atoms with Crippen LogP contribution in [0.3, 0.4) is 0 Å². The van der Waals surface area contributed by atoms with E-state index in [9.17, 15) is 4.79 Å². The molecule has 0 saturated heterocycles. The molecule has 1 aromatic rings. The summed E-state index contributed by atoms with van der Waals surface area (Å²) in [5.74, 6) is -0.0255. The zero-order chi connectivity index (χ0) is 13.8. The third-order valence-corrected chi connectivity index (χ3v) is 3.56. The Labute approximate surface area is 130 Å². The average molecular weight is 319 g/mol. The number of ether oxygens (including phenoxy) is 1. The van der Waals surface area contributed by atoms with E-state index in [1.165, 1.54) is 7.11 Å². The lowest BCUT2D eigenvalue weighted by Gasteiger charge is -2.26. The molecule has 2 N–H and O–H groups in total. The van der Waals surface area contributed by atoms with Crippen molar-refractivity contribution in [2.75, 3.05) is 13.7 Å². The number of amides is 1. The van der Waals surface area contributed by atoms with Gasteiger partial charge in [0.05, 0.1) is 0 Å². The Bertz CT molecular complexity index is 431. The lowest BCUT2D eigenvalue weighted by atomic mass is 10.2. The number of hydrogen-bond donors (Lipinski definition) is 1. The molecule has 1 aliphatic carbocycles. The number of methoxy groups -OCH3 is 1. The van der Waals surface area contributed by atoms with Crippen molar-refractivity contribution >= 4 is 29.9 Å². The summed E-state index contributed by atoms with van der Waals surface area (Å²) in [5.41, 5.74) is 6.63. The van der Waals surface area contributed by atoms with E-state index in [4.69, 9.17) is 22.1 Å². The topological polar surface area (TPSA) is 55.6 Å². The minimum atomic E-state index is -0.548. The molecule has 112 valence electrons. The number of carbonyl (C=O) groups is 1. The minimum absolute atomic E-state index is 0. The van der Waals surface area contributed by atoms with Crippen molar-refractivity contribution in [2.45, 2.75) is 31.5 Å². The number of hydrogen-bond acceptors (Lipinski definition) is 3. The Morgan fingerprint density at radius 2 is 2.05 bits per heavy atom. The summed E-state index contributed by atoms with van der Waals surface area (Å²) < 4.78 is 5.14. The highest BCUT2D eigenvalue weighted by molar-refractivity contribution is 6.30. The minimum Gasteiger partial charge on any atom is -0.370 e. The molecule has 0 radical (unpaired) electrons. The van der Waals surface area contributed by atoms with Gasteiger partial charge in [-0.1, -0.05) is 23.7 Å². The van der Waals surface area contributed by atoms with Crippen molar-refractivity contribution in [3.63, 3.8) is 0 Å². The van der Waals surface area contributed by atoms with Crippen LogP contribution in [0.1, 0.15) is 18.4 Å². The number of nitrogens with zero attached hydrogens (tertiary/aromatic N) is 1. The number of benzene rings is 1. The molecule has 6 heteroatoms. The van der Waals surface area contributed by atoms with E-state index in [0.29, 0.717) is 17.6 Å². The summed E-state index contributed by atoms with van der Waals surface area (Å²) in [6.07, 6.45) is 1.56. The first kappa shape index (κ1) is 17.2. The number of rotatable bonds is 6. The molecular formula is C14H20Cl2N2O2. The highest BCUT2D eigenvalue weighted by atomic mass is 35.5. The second-order valence-corrected chi connectivity index (χ2v) is 5.22. The molecule has 0 bridgehead atoms. The molecule has 1 aromatic carbocycles. The molecular weight excluding hydrogens is 299 g/mol. The smallest absolute Gasteiger partial charge is 0.253 e. The van der Waals surface area contributed by atoms with Gasteiger partial charge in [0.25, 0.3) is 5.91 Å². The fraction of sp³-hybridized carbons (Fsp3) is 0.500. The van der Waals surface area contributed by atoms with Crippen molar-refractivity contribution in [1.29, 1.82) is 0 Å². The summed E-state index contributed by atoms with van der Waals surface area (Å²) in [4.78, 5) is 14.2. The maximum absolute atomic E-state index is 12.4. The number of carbonyl (C=O) groups excluding carboxylic acids is 1. The first-order valence-corrected chi connectivity index (χ1v) is 6.81. The van der Waals surface area contributed by atoms with Gasteiger partial charge in [-0.25, -0.2) is 0 Å². The van der Waals surface area contributed by atoms with Crippen molar-refractivity contribution in [3.05, 3.63) is 34.9 Å². The molecule has 4 nitrogen and oxygen atoms in total. The van der Waals surface area contributed by atoms with Crippen molar-refractivity contribution < 1.29 is 9.53 Å². The van der Waals surface area contributed by atoms with E-state index in [1.54, 1.807) is 0 Å². The van der Waals surface area contributed by atoms with Gasteiger partial charge in [-0.05, 0) is 30.5 Å². The second kappa shape index (κ2) is 7.84. The van der Waals surface area contributed by atoms with E-state index >= 15 is 0 Å². The third-order valence-electron chi connectivity index (χ3n) is 3.31. The second-order valence-electron chi connectivity index (χ2n) is 4.78. The van der Waals surface area contributed by atoms with E-state index in [1.807, 2.05) is 29.2 Å². The van der Waals surface area contributed by atoms with Crippen LogP contribution >= 0.6 is 24.0 Å². The Kier molecular flexibility index (Phi) is 6.76. The van der Waals surface area contributed by atoms with Crippen LogP contribution < -0.4 is 5.73 Å². The molecule has 0 aliphatic heterocycles. The quantitative estimate of drug-likeness (QED) is 0.875. The Balaban J connectivity index is 0.00000200. The third kappa shape index (κ3) is 4.35. The zero-order valence-electron chi connectivity index (χ0n) is 11.4. The van der Waals surface area contributed by atoms with Crippen LogP contribution in [0.4, 0.5) is 0 Å². The molecule has 1 saturated carbocycles. The zero-order valence-corrected chi connectivity index (χ0v) is 13.0. The molecule has 1 aliphatic rings. The molecule has 1 fully saturated rings. The maximum Gasteiger partial charge on any atom is 0.253 e. The monoisotopic (exact) mass is 318 g/mol. The van der Waals surface area contributed by atoms with Crippen LogP contribution in [0.2, 0.25) is 5.02 Å². The molecule has 2 rings (SSSR count). The van der Waals surface area contributed by atoms with Gasteiger partial charge in [0, 0.05) is 31.3 Å². The fourth-order valence-electron chi connectivity index (χ4n) is 2.04. The number of halogens is 2. The molecule has 1 atom stereocenters. The SMILES string of the molecule is COC(CN)C(=O)N(Cc1ccc(Cl)cc1)C1CC1.Cl. The molecule has 0 heterocycles. The normalized spacial score (nSPS) is 15.3. The summed E-state index contributed by atoms with van der Waals surface area (Å²) in [7, 11) is 1.52. The van der Waals surface area contributed by atoms with Gasteiger partial charge in [0.2, 0.25) is 0 Å². The van der Waals surface area contributed by atoms with Gasteiger partial charge >= 0.3 is 0 Å². The van der Waals surface area contributed by atoms with Crippen molar-refractivity contribution in [1.82, 2.24) is 4.90 Å². The Hall–Kier alpha value is -0.810. The van der Waals surface area contributed by atoms with Crippen LogP contribution in [-0.4, -0.2) is 36.6 Å². The highest BCUT2D eigenvalue weighted by Crippen LogP contribution is 2.29. The molecule has 0 spiro atoms. The first-order valence-electron chi connectivity index (χ1n) is 6.43. The largest absolute Gasteiger partial charge is 0.370 e. The summed E-state index contributed by atoms with van der Waals surface area (Å²) in [6, 6.07) is 7.88. The van der Waals surface area contributed by atoms with Gasteiger partial charge in [0.1, 0.15) is 6.10 Å². The van der Waals surface area contributed by atoms with Crippen molar-refractivity contribution in [2.24, 2.45) is 5.73 Å². The van der Waals surface area contributed by atoms with Crippen LogP contribution in [0, 0.1) is 0 Å². The highest BCUT2D eigenvalue weighted by Gasteiger charge is 2.35. The number of nitrogens with two attached hydrogens (primary N) is 1. The van der Waals surface area contributed by atoms with Crippen LogP contribution in [-0.2, 0) is 16.1 Å².